The highest BCUT2D eigenvalue weighted by atomic mass is 79.9. The standard InChI is InChI=1S/C18H21BrO/c1-3-5-14-6-4-7-16(12-14)18(2,20)13-15-8-10-17(19)11-9-15/h4,6-12,20H,3,5,13H2,1-2H3. The van der Waals surface area contributed by atoms with E-state index in [0.717, 1.165) is 28.4 Å². The smallest absolute Gasteiger partial charge is 0.0908 e. The lowest BCUT2D eigenvalue weighted by Gasteiger charge is -2.24. The van der Waals surface area contributed by atoms with E-state index < -0.39 is 5.60 Å². The van der Waals surface area contributed by atoms with Gasteiger partial charge in [0.15, 0.2) is 0 Å². The van der Waals surface area contributed by atoms with Crippen molar-refractivity contribution >= 4 is 15.9 Å². The van der Waals surface area contributed by atoms with Crippen molar-refractivity contribution in [3.63, 3.8) is 0 Å². The Morgan fingerprint density at radius 1 is 1.05 bits per heavy atom. The highest BCUT2D eigenvalue weighted by Crippen LogP contribution is 2.27. The summed E-state index contributed by atoms with van der Waals surface area (Å²) in [6, 6.07) is 16.4. The zero-order valence-corrected chi connectivity index (χ0v) is 13.7. The summed E-state index contributed by atoms with van der Waals surface area (Å²) in [7, 11) is 0. The van der Waals surface area contributed by atoms with E-state index in [9.17, 15) is 5.11 Å². The van der Waals surface area contributed by atoms with Crippen LogP contribution in [0.4, 0.5) is 0 Å². The predicted octanol–water partition coefficient (Wildman–Crippen LogP) is 4.85. The normalized spacial score (nSPS) is 14.0. The molecule has 0 aliphatic rings. The van der Waals surface area contributed by atoms with E-state index in [1.807, 2.05) is 31.2 Å². The molecule has 2 rings (SSSR count). The van der Waals surface area contributed by atoms with Gasteiger partial charge in [-0.3, -0.25) is 0 Å². The van der Waals surface area contributed by atoms with Crippen LogP contribution >= 0.6 is 15.9 Å². The number of aliphatic hydroxyl groups is 1. The molecular formula is C18H21BrO. The fourth-order valence-corrected chi connectivity index (χ4v) is 2.72. The van der Waals surface area contributed by atoms with Crippen molar-refractivity contribution in [2.75, 3.05) is 0 Å². The SMILES string of the molecule is CCCc1cccc(C(C)(O)Cc2ccc(Br)cc2)c1. The number of rotatable bonds is 5. The Labute approximate surface area is 129 Å². The average molecular weight is 333 g/mol. The highest BCUT2D eigenvalue weighted by molar-refractivity contribution is 9.10. The molecule has 2 aromatic rings. The van der Waals surface area contributed by atoms with Crippen LogP contribution in [0.1, 0.15) is 37.0 Å². The molecule has 1 atom stereocenters. The molecule has 0 fully saturated rings. The molecule has 0 bridgehead atoms. The molecule has 20 heavy (non-hydrogen) atoms. The van der Waals surface area contributed by atoms with Gasteiger partial charge in [-0.1, -0.05) is 65.7 Å². The van der Waals surface area contributed by atoms with Gasteiger partial charge >= 0.3 is 0 Å². The first-order chi connectivity index (χ1) is 9.51. The fraction of sp³-hybridized carbons (Fsp3) is 0.333. The highest BCUT2D eigenvalue weighted by Gasteiger charge is 2.23. The molecule has 1 unspecified atom stereocenters. The number of hydrogen-bond acceptors (Lipinski definition) is 1. The van der Waals surface area contributed by atoms with Crippen molar-refractivity contribution in [3.05, 3.63) is 69.7 Å². The van der Waals surface area contributed by atoms with Crippen LogP contribution in [0.5, 0.6) is 0 Å². The summed E-state index contributed by atoms with van der Waals surface area (Å²) < 4.78 is 1.06. The lowest BCUT2D eigenvalue weighted by molar-refractivity contribution is 0.0575. The summed E-state index contributed by atoms with van der Waals surface area (Å²) in [6.45, 7) is 4.06. The predicted molar refractivity (Wildman–Crippen MR) is 87.9 cm³/mol. The number of halogens is 1. The number of benzene rings is 2. The van der Waals surface area contributed by atoms with Crippen LogP contribution in [0.15, 0.2) is 53.0 Å². The molecular weight excluding hydrogens is 312 g/mol. The molecule has 0 radical (unpaired) electrons. The molecule has 0 aliphatic carbocycles. The molecule has 0 saturated heterocycles. The van der Waals surface area contributed by atoms with Crippen LogP contribution in [0, 0.1) is 0 Å². The van der Waals surface area contributed by atoms with Gasteiger partial charge in [-0.2, -0.15) is 0 Å². The maximum absolute atomic E-state index is 10.8. The van der Waals surface area contributed by atoms with E-state index in [2.05, 4.69) is 47.1 Å². The van der Waals surface area contributed by atoms with Gasteiger partial charge in [0.25, 0.3) is 0 Å². The topological polar surface area (TPSA) is 20.2 Å². The second-order valence-corrected chi connectivity index (χ2v) is 6.44. The van der Waals surface area contributed by atoms with Crippen LogP contribution in [-0.4, -0.2) is 5.11 Å². The molecule has 0 amide bonds. The Morgan fingerprint density at radius 3 is 2.40 bits per heavy atom. The molecule has 106 valence electrons. The van der Waals surface area contributed by atoms with Gasteiger partial charge in [0.1, 0.15) is 0 Å². The van der Waals surface area contributed by atoms with Crippen molar-refractivity contribution in [1.82, 2.24) is 0 Å². The zero-order chi connectivity index (χ0) is 14.6. The summed E-state index contributed by atoms with van der Waals surface area (Å²) in [5, 5.41) is 10.8. The Hall–Kier alpha value is -1.12. The van der Waals surface area contributed by atoms with E-state index in [1.165, 1.54) is 5.56 Å². The summed E-state index contributed by atoms with van der Waals surface area (Å²) >= 11 is 3.43. The molecule has 1 N–H and O–H groups in total. The number of hydrogen-bond donors (Lipinski definition) is 1. The van der Waals surface area contributed by atoms with E-state index >= 15 is 0 Å². The van der Waals surface area contributed by atoms with Gasteiger partial charge in [-0.15, -0.1) is 0 Å². The van der Waals surface area contributed by atoms with Gasteiger partial charge in [0.2, 0.25) is 0 Å². The van der Waals surface area contributed by atoms with Gasteiger partial charge in [-0.05, 0) is 42.2 Å². The first-order valence-electron chi connectivity index (χ1n) is 7.07. The molecule has 2 aromatic carbocycles. The first kappa shape index (κ1) is 15.3. The van der Waals surface area contributed by atoms with Crippen LogP contribution in [0.3, 0.4) is 0 Å². The molecule has 2 heteroatoms. The summed E-state index contributed by atoms with van der Waals surface area (Å²) in [6.07, 6.45) is 2.80. The average Bonchev–Trinajstić information content (AvgIpc) is 2.42. The van der Waals surface area contributed by atoms with Crippen molar-refractivity contribution in [2.45, 2.75) is 38.7 Å². The molecule has 0 aromatic heterocycles. The number of aryl methyl sites for hydroxylation is 1. The molecule has 0 heterocycles. The zero-order valence-electron chi connectivity index (χ0n) is 12.1. The van der Waals surface area contributed by atoms with Crippen LogP contribution in [0.25, 0.3) is 0 Å². The Bertz CT molecular complexity index is 558. The van der Waals surface area contributed by atoms with Gasteiger partial charge in [-0.25, -0.2) is 0 Å². The largest absolute Gasteiger partial charge is 0.385 e. The fourth-order valence-electron chi connectivity index (χ4n) is 2.45. The lowest BCUT2D eigenvalue weighted by atomic mass is 9.88. The third kappa shape index (κ3) is 3.94. The molecule has 0 saturated carbocycles. The second kappa shape index (κ2) is 6.55. The van der Waals surface area contributed by atoms with Gasteiger partial charge in [0.05, 0.1) is 5.60 Å². The van der Waals surface area contributed by atoms with Gasteiger partial charge in [0, 0.05) is 10.9 Å². The van der Waals surface area contributed by atoms with E-state index in [-0.39, 0.29) is 0 Å². The van der Waals surface area contributed by atoms with Crippen LogP contribution in [-0.2, 0) is 18.4 Å². The maximum Gasteiger partial charge on any atom is 0.0908 e. The Kier molecular flexibility index (Phi) is 5.00. The monoisotopic (exact) mass is 332 g/mol. The van der Waals surface area contributed by atoms with Crippen molar-refractivity contribution in [3.8, 4) is 0 Å². The minimum atomic E-state index is -0.836. The Morgan fingerprint density at radius 2 is 1.75 bits per heavy atom. The minimum absolute atomic E-state index is 0.621. The summed E-state index contributed by atoms with van der Waals surface area (Å²) in [4.78, 5) is 0. The van der Waals surface area contributed by atoms with Crippen molar-refractivity contribution < 1.29 is 5.11 Å². The molecule has 0 aliphatic heterocycles. The quantitative estimate of drug-likeness (QED) is 0.829. The Balaban J connectivity index is 2.20. The maximum atomic E-state index is 10.8. The lowest BCUT2D eigenvalue weighted by Crippen LogP contribution is -2.24. The molecule has 1 nitrogen and oxygen atoms in total. The van der Waals surface area contributed by atoms with Crippen LogP contribution in [0.2, 0.25) is 0 Å². The third-order valence-electron chi connectivity index (χ3n) is 3.55. The minimum Gasteiger partial charge on any atom is -0.385 e. The van der Waals surface area contributed by atoms with Crippen molar-refractivity contribution in [1.29, 1.82) is 0 Å². The van der Waals surface area contributed by atoms with Crippen molar-refractivity contribution in [2.24, 2.45) is 0 Å². The van der Waals surface area contributed by atoms with E-state index in [0.29, 0.717) is 6.42 Å². The second-order valence-electron chi connectivity index (χ2n) is 5.53. The van der Waals surface area contributed by atoms with E-state index in [4.69, 9.17) is 0 Å². The first-order valence-corrected chi connectivity index (χ1v) is 7.87. The van der Waals surface area contributed by atoms with Gasteiger partial charge < -0.3 is 5.11 Å². The third-order valence-corrected chi connectivity index (χ3v) is 4.08. The molecule has 0 spiro atoms. The summed E-state index contributed by atoms with van der Waals surface area (Å²) in [5.74, 6) is 0. The van der Waals surface area contributed by atoms with Crippen LogP contribution < -0.4 is 0 Å². The van der Waals surface area contributed by atoms with E-state index in [1.54, 1.807) is 0 Å². The summed E-state index contributed by atoms with van der Waals surface area (Å²) in [5.41, 5.74) is 2.59.